The first-order valence-electron chi connectivity index (χ1n) is 5.58. The zero-order valence-electron chi connectivity index (χ0n) is 9.53. The van der Waals surface area contributed by atoms with Gasteiger partial charge in [0.25, 0.3) is 5.91 Å². The highest BCUT2D eigenvalue weighted by Crippen LogP contribution is 2.32. The Kier molecular flexibility index (Phi) is 3.10. The lowest BCUT2D eigenvalue weighted by Crippen LogP contribution is -2.35. The Morgan fingerprint density at radius 1 is 1.59 bits per heavy atom. The van der Waals surface area contributed by atoms with Crippen molar-refractivity contribution in [1.82, 2.24) is 5.32 Å². The molecule has 1 saturated carbocycles. The van der Waals surface area contributed by atoms with Gasteiger partial charge in [-0.15, -0.1) is 0 Å². The molecular weight excluding hydrogens is 219 g/mol. The second-order valence-corrected chi connectivity index (χ2v) is 4.38. The monoisotopic (exact) mass is 232 g/mol. The van der Waals surface area contributed by atoms with Crippen LogP contribution in [0.25, 0.3) is 0 Å². The Morgan fingerprint density at radius 3 is 2.82 bits per heavy atom. The van der Waals surface area contributed by atoms with Crippen molar-refractivity contribution in [3.05, 3.63) is 35.1 Å². The Hall–Kier alpha value is -1.89. The molecule has 0 spiro atoms. The van der Waals surface area contributed by atoms with Crippen LogP contribution in [-0.2, 0) is 0 Å². The predicted molar refractivity (Wildman–Crippen MR) is 60.7 cm³/mol. The first-order valence-corrected chi connectivity index (χ1v) is 5.58. The molecule has 0 aliphatic heterocycles. The van der Waals surface area contributed by atoms with Gasteiger partial charge < -0.3 is 5.32 Å². The van der Waals surface area contributed by atoms with Gasteiger partial charge in [-0.1, -0.05) is 6.07 Å². The molecule has 4 heteroatoms. The molecule has 3 nitrogen and oxygen atoms in total. The van der Waals surface area contributed by atoms with E-state index >= 15 is 0 Å². The molecule has 1 unspecified atom stereocenters. The molecular formula is C13H13FN2O. The summed E-state index contributed by atoms with van der Waals surface area (Å²) in [7, 11) is 0. The van der Waals surface area contributed by atoms with Gasteiger partial charge in [0.05, 0.1) is 6.07 Å². The highest BCUT2D eigenvalue weighted by Gasteiger charge is 2.32. The van der Waals surface area contributed by atoms with E-state index in [2.05, 4.69) is 11.4 Å². The predicted octanol–water partition coefficient (Wildman–Crippen LogP) is 2.17. The van der Waals surface area contributed by atoms with Crippen molar-refractivity contribution in [1.29, 1.82) is 5.26 Å². The molecule has 1 fully saturated rings. The fraction of sp³-hybridized carbons (Fsp3) is 0.385. The minimum Gasteiger partial charge on any atom is -0.336 e. The average molecular weight is 232 g/mol. The molecule has 0 radical (unpaired) electrons. The summed E-state index contributed by atoms with van der Waals surface area (Å²) in [5.74, 6) is -0.529. The molecule has 1 aliphatic rings. The standard InChI is InChI=1S/C13H13FN2O/c1-8-2-3-10(6-11(8)14)13(17)16-12(7-15)9-4-5-9/h2-3,6,9,12H,4-5H2,1H3,(H,16,17). The van der Waals surface area contributed by atoms with Gasteiger partial charge in [-0.2, -0.15) is 5.26 Å². The van der Waals surface area contributed by atoms with Gasteiger partial charge in [-0.05, 0) is 43.4 Å². The lowest BCUT2D eigenvalue weighted by Gasteiger charge is -2.10. The number of amides is 1. The van der Waals surface area contributed by atoms with Crippen LogP contribution in [0.15, 0.2) is 18.2 Å². The minimum absolute atomic E-state index is 0.258. The van der Waals surface area contributed by atoms with E-state index < -0.39 is 11.9 Å². The minimum atomic E-state index is -0.452. The van der Waals surface area contributed by atoms with Gasteiger partial charge in [-0.25, -0.2) is 4.39 Å². The smallest absolute Gasteiger partial charge is 0.252 e. The Labute approximate surface area is 99.2 Å². The molecule has 17 heavy (non-hydrogen) atoms. The molecule has 1 atom stereocenters. The van der Waals surface area contributed by atoms with E-state index in [0.717, 1.165) is 12.8 Å². The Bertz CT molecular complexity index is 489. The van der Waals surface area contributed by atoms with Crippen LogP contribution in [0.4, 0.5) is 4.39 Å². The van der Waals surface area contributed by atoms with Gasteiger partial charge in [0.15, 0.2) is 0 Å². The first kappa shape index (κ1) is 11.6. The molecule has 88 valence electrons. The number of hydrogen-bond acceptors (Lipinski definition) is 2. The maximum absolute atomic E-state index is 13.3. The SMILES string of the molecule is Cc1ccc(C(=O)NC(C#N)C2CC2)cc1F. The molecule has 0 bridgehead atoms. The number of benzene rings is 1. The zero-order chi connectivity index (χ0) is 12.4. The van der Waals surface area contributed by atoms with Crippen LogP contribution < -0.4 is 5.32 Å². The largest absolute Gasteiger partial charge is 0.336 e. The van der Waals surface area contributed by atoms with E-state index in [1.807, 2.05) is 0 Å². The summed E-state index contributed by atoms with van der Waals surface area (Å²) in [5.41, 5.74) is 0.759. The van der Waals surface area contributed by atoms with E-state index in [-0.39, 0.29) is 17.4 Å². The first-order chi connectivity index (χ1) is 8.11. The lowest BCUT2D eigenvalue weighted by molar-refractivity contribution is 0.0941. The summed E-state index contributed by atoms with van der Waals surface area (Å²) < 4.78 is 13.3. The molecule has 1 aromatic rings. The van der Waals surface area contributed by atoms with Crippen LogP contribution in [0, 0.1) is 30.0 Å². The van der Waals surface area contributed by atoms with Gasteiger partial charge >= 0.3 is 0 Å². The summed E-state index contributed by atoms with van der Waals surface area (Å²) >= 11 is 0. The Morgan fingerprint density at radius 2 is 2.29 bits per heavy atom. The van der Waals surface area contributed by atoms with E-state index in [0.29, 0.717) is 5.56 Å². The Balaban J connectivity index is 2.08. The number of halogens is 1. The molecule has 1 aromatic carbocycles. The van der Waals surface area contributed by atoms with E-state index in [1.165, 1.54) is 6.07 Å². The van der Waals surface area contributed by atoms with Crippen LogP contribution in [0.2, 0.25) is 0 Å². The third kappa shape index (κ3) is 2.62. The van der Waals surface area contributed by atoms with Crippen molar-refractivity contribution in [3.8, 4) is 6.07 Å². The summed E-state index contributed by atoms with van der Waals surface area (Å²) in [5, 5.41) is 11.5. The fourth-order valence-electron chi connectivity index (χ4n) is 1.64. The van der Waals surface area contributed by atoms with E-state index in [1.54, 1.807) is 19.1 Å². The number of carbonyl (C=O) groups excluding carboxylic acids is 1. The number of nitrogens with zero attached hydrogens (tertiary/aromatic N) is 1. The van der Waals surface area contributed by atoms with Gasteiger partial charge in [0.2, 0.25) is 0 Å². The van der Waals surface area contributed by atoms with Crippen molar-refractivity contribution < 1.29 is 9.18 Å². The van der Waals surface area contributed by atoms with E-state index in [9.17, 15) is 9.18 Å². The topological polar surface area (TPSA) is 52.9 Å². The van der Waals surface area contributed by atoms with Crippen molar-refractivity contribution in [2.45, 2.75) is 25.8 Å². The van der Waals surface area contributed by atoms with Gasteiger partial charge in [0.1, 0.15) is 11.9 Å². The maximum atomic E-state index is 13.3. The molecule has 1 amide bonds. The third-order valence-electron chi connectivity index (χ3n) is 2.95. The molecule has 0 aromatic heterocycles. The average Bonchev–Trinajstić information content (AvgIpc) is 3.13. The number of carbonyl (C=O) groups is 1. The van der Waals surface area contributed by atoms with Crippen molar-refractivity contribution in [3.63, 3.8) is 0 Å². The summed E-state index contributed by atoms with van der Waals surface area (Å²) in [6.45, 7) is 1.64. The summed E-state index contributed by atoms with van der Waals surface area (Å²) in [6, 6.07) is 5.94. The highest BCUT2D eigenvalue weighted by atomic mass is 19.1. The molecule has 0 heterocycles. The third-order valence-corrected chi connectivity index (χ3v) is 2.95. The van der Waals surface area contributed by atoms with Crippen molar-refractivity contribution in [2.24, 2.45) is 5.92 Å². The highest BCUT2D eigenvalue weighted by molar-refractivity contribution is 5.94. The number of nitrogens with one attached hydrogen (secondary N) is 1. The van der Waals surface area contributed by atoms with Crippen molar-refractivity contribution >= 4 is 5.91 Å². The quantitative estimate of drug-likeness (QED) is 0.868. The second kappa shape index (κ2) is 4.54. The van der Waals surface area contributed by atoms with Crippen LogP contribution in [-0.4, -0.2) is 11.9 Å². The van der Waals surface area contributed by atoms with Crippen LogP contribution >= 0.6 is 0 Å². The zero-order valence-corrected chi connectivity index (χ0v) is 9.53. The number of aryl methyl sites for hydroxylation is 1. The maximum Gasteiger partial charge on any atom is 0.252 e. The summed E-state index contributed by atoms with van der Waals surface area (Å²) in [6.07, 6.45) is 1.95. The number of hydrogen-bond donors (Lipinski definition) is 1. The normalized spacial score (nSPS) is 16.1. The molecule has 1 N–H and O–H groups in total. The molecule has 0 saturated heterocycles. The van der Waals surface area contributed by atoms with Crippen LogP contribution in [0.1, 0.15) is 28.8 Å². The van der Waals surface area contributed by atoms with E-state index in [4.69, 9.17) is 5.26 Å². The van der Waals surface area contributed by atoms with Gasteiger partial charge in [-0.3, -0.25) is 4.79 Å². The molecule has 2 rings (SSSR count). The number of nitriles is 1. The number of rotatable bonds is 3. The van der Waals surface area contributed by atoms with Gasteiger partial charge in [0, 0.05) is 5.56 Å². The fourth-order valence-corrected chi connectivity index (χ4v) is 1.64. The molecule has 1 aliphatic carbocycles. The second-order valence-electron chi connectivity index (χ2n) is 4.38. The summed E-state index contributed by atoms with van der Waals surface area (Å²) in [4.78, 5) is 11.8. The lowest BCUT2D eigenvalue weighted by atomic mass is 10.1. The van der Waals surface area contributed by atoms with Crippen LogP contribution in [0.3, 0.4) is 0 Å². The van der Waals surface area contributed by atoms with Crippen molar-refractivity contribution in [2.75, 3.05) is 0 Å². The van der Waals surface area contributed by atoms with Crippen LogP contribution in [0.5, 0.6) is 0 Å².